The Kier molecular flexibility index (Phi) is 7.02. The molecule has 6 nitrogen and oxygen atoms in total. The third-order valence-electron chi connectivity index (χ3n) is 4.41. The van der Waals surface area contributed by atoms with Gasteiger partial charge in [0.15, 0.2) is 16.5 Å². The quantitative estimate of drug-likeness (QED) is 0.376. The predicted octanol–water partition coefficient (Wildman–Crippen LogP) is 5.45. The summed E-state index contributed by atoms with van der Waals surface area (Å²) in [5, 5.41) is 4.87. The third-order valence-corrected chi connectivity index (χ3v) is 5.79. The van der Waals surface area contributed by atoms with Gasteiger partial charge in [-0.05, 0) is 24.3 Å². The van der Waals surface area contributed by atoms with E-state index in [1.807, 2.05) is 40.2 Å². The lowest BCUT2D eigenvalue weighted by atomic mass is 10.2. The van der Waals surface area contributed by atoms with Gasteiger partial charge in [-0.3, -0.25) is 9.20 Å². The highest BCUT2D eigenvalue weighted by molar-refractivity contribution is 9.10. The maximum Gasteiger partial charge on any atom is 0.230 e. The highest BCUT2D eigenvalue weighted by Crippen LogP contribution is 2.30. The van der Waals surface area contributed by atoms with Crippen molar-refractivity contribution in [3.8, 4) is 22.8 Å². The molecule has 0 unspecified atom stereocenters. The molecule has 0 radical (unpaired) electrons. The van der Waals surface area contributed by atoms with Crippen molar-refractivity contribution in [1.29, 1.82) is 0 Å². The first-order chi connectivity index (χ1) is 14.1. The zero-order valence-electron chi connectivity index (χ0n) is 16.2. The maximum absolute atomic E-state index is 12.6. The highest BCUT2D eigenvalue weighted by Gasteiger charge is 2.14. The number of nitrogens with zero attached hydrogens (tertiary/aromatic N) is 2. The second-order valence-electron chi connectivity index (χ2n) is 6.31. The Bertz CT molecular complexity index is 1190. The van der Waals surface area contributed by atoms with Gasteiger partial charge in [0.25, 0.3) is 0 Å². The molecule has 2 heterocycles. The lowest BCUT2D eigenvalue weighted by Gasteiger charge is -2.10. The number of hydrogen-bond acceptors (Lipinski definition) is 5. The molecule has 1 N–H and O–H groups in total. The maximum atomic E-state index is 12.6. The van der Waals surface area contributed by atoms with Gasteiger partial charge in [-0.2, -0.15) is 0 Å². The van der Waals surface area contributed by atoms with Gasteiger partial charge < -0.3 is 14.8 Å². The number of carbonyl (C=O) groups excluding carboxylic acids is 1. The predicted molar refractivity (Wildman–Crippen MR) is 125 cm³/mol. The van der Waals surface area contributed by atoms with Crippen molar-refractivity contribution in [2.75, 3.05) is 19.5 Å². The number of anilines is 1. The fraction of sp³-hybridized carbons (Fsp3) is 0.143. The molecule has 1 amide bonds. The molecule has 0 spiro atoms. The Balaban J connectivity index is 0.00000256. The third kappa shape index (κ3) is 4.61. The van der Waals surface area contributed by atoms with E-state index in [2.05, 4.69) is 26.2 Å². The van der Waals surface area contributed by atoms with Crippen LogP contribution in [0.2, 0.25) is 0 Å². The minimum atomic E-state index is -0.116. The summed E-state index contributed by atoms with van der Waals surface area (Å²) in [5.74, 6) is 1.06. The summed E-state index contributed by atoms with van der Waals surface area (Å²) < 4.78 is 13.5. The van der Waals surface area contributed by atoms with Crippen molar-refractivity contribution in [3.63, 3.8) is 0 Å². The molecule has 0 saturated carbocycles. The van der Waals surface area contributed by atoms with E-state index in [9.17, 15) is 4.79 Å². The highest BCUT2D eigenvalue weighted by atomic mass is 79.9. The summed E-state index contributed by atoms with van der Waals surface area (Å²) in [6.07, 6.45) is 2.20. The van der Waals surface area contributed by atoms with Crippen molar-refractivity contribution in [2.24, 2.45) is 0 Å². The van der Waals surface area contributed by atoms with Crippen LogP contribution >= 0.6 is 39.7 Å². The number of benzene rings is 2. The van der Waals surface area contributed by atoms with E-state index < -0.39 is 0 Å². The van der Waals surface area contributed by atoms with E-state index in [0.717, 1.165) is 26.4 Å². The van der Waals surface area contributed by atoms with Crippen LogP contribution in [-0.4, -0.2) is 29.5 Å². The number of amides is 1. The van der Waals surface area contributed by atoms with Crippen LogP contribution in [0.3, 0.4) is 0 Å². The van der Waals surface area contributed by atoms with E-state index in [1.165, 1.54) is 11.3 Å². The molecule has 2 aromatic heterocycles. The van der Waals surface area contributed by atoms with Gasteiger partial charge >= 0.3 is 0 Å². The van der Waals surface area contributed by atoms with Crippen molar-refractivity contribution in [1.82, 2.24) is 9.38 Å². The summed E-state index contributed by atoms with van der Waals surface area (Å²) in [7, 11) is 3.14. The number of nitrogens with one attached hydrogen (secondary N) is 1. The summed E-state index contributed by atoms with van der Waals surface area (Å²) in [4.78, 5) is 18.1. The molecule has 4 aromatic rings. The van der Waals surface area contributed by atoms with E-state index in [-0.39, 0.29) is 24.7 Å². The van der Waals surface area contributed by atoms with Gasteiger partial charge in [-0.25, -0.2) is 4.98 Å². The van der Waals surface area contributed by atoms with Crippen molar-refractivity contribution < 1.29 is 14.3 Å². The summed E-state index contributed by atoms with van der Waals surface area (Å²) >= 11 is 5.01. The molecule has 0 aliphatic rings. The van der Waals surface area contributed by atoms with Crippen LogP contribution < -0.4 is 14.8 Å². The lowest BCUT2D eigenvalue weighted by Crippen LogP contribution is -2.15. The van der Waals surface area contributed by atoms with Crippen LogP contribution in [0, 0.1) is 0 Å². The minimum Gasteiger partial charge on any atom is -0.493 e. The zero-order valence-corrected chi connectivity index (χ0v) is 19.4. The Morgan fingerprint density at radius 1 is 1.17 bits per heavy atom. The van der Waals surface area contributed by atoms with Gasteiger partial charge in [0.1, 0.15) is 0 Å². The fourth-order valence-electron chi connectivity index (χ4n) is 3.03. The van der Waals surface area contributed by atoms with Crippen molar-refractivity contribution in [3.05, 3.63) is 64.2 Å². The SMILES string of the molecule is COc1ccc(NC(=O)Cc2csc3nc(-c4cccc(Br)c4)cn23)cc1OC.Cl. The van der Waals surface area contributed by atoms with Crippen molar-refractivity contribution in [2.45, 2.75) is 6.42 Å². The number of aromatic nitrogens is 2. The molecule has 0 aliphatic carbocycles. The number of hydrogen-bond donors (Lipinski definition) is 1. The summed E-state index contributed by atoms with van der Waals surface area (Å²) in [5.41, 5.74) is 3.44. The van der Waals surface area contributed by atoms with Gasteiger partial charge in [-0.1, -0.05) is 28.1 Å². The minimum absolute atomic E-state index is 0. The second kappa shape index (κ2) is 9.51. The molecule has 0 fully saturated rings. The van der Waals surface area contributed by atoms with Crippen LogP contribution in [-0.2, 0) is 11.2 Å². The standard InChI is InChI=1S/C21H18BrN3O3S.ClH/c1-27-18-7-6-15(9-19(18)28-2)23-20(26)10-16-12-29-21-24-17(11-25(16)21)13-4-3-5-14(22)8-13;/h3-9,11-12H,10H2,1-2H3,(H,23,26);1H. The number of thiazole rings is 1. The first kappa shape index (κ1) is 22.1. The van der Waals surface area contributed by atoms with Gasteiger partial charge in [0.05, 0.1) is 26.3 Å². The molecule has 9 heteroatoms. The average Bonchev–Trinajstić information content (AvgIpc) is 3.30. The number of carbonyl (C=O) groups is 1. The van der Waals surface area contributed by atoms with Gasteiger partial charge in [0, 0.05) is 39.1 Å². The molecule has 156 valence electrons. The lowest BCUT2D eigenvalue weighted by molar-refractivity contribution is -0.115. The first-order valence-corrected chi connectivity index (χ1v) is 10.5. The monoisotopic (exact) mass is 507 g/mol. The molecule has 0 atom stereocenters. The van der Waals surface area contributed by atoms with Crippen LogP contribution in [0.4, 0.5) is 5.69 Å². The molecule has 0 saturated heterocycles. The molecule has 0 aliphatic heterocycles. The largest absolute Gasteiger partial charge is 0.493 e. The molecule has 4 rings (SSSR count). The number of imidazole rings is 1. The topological polar surface area (TPSA) is 64.9 Å². The first-order valence-electron chi connectivity index (χ1n) is 8.80. The van der Waals surface area contributed by atoms with E-state index >= 15 is 0 Å². The van der Waals surface area contributed by atoms with Crippen LogP contribution in [0.15, 0.2) is 58.5 Å². The van der Waals surface area contributed by atoms with E-state index in [4.69, 9.17) is 9.47 Å². The number of halogens is 2. The van der Waals surface area contributed by atoms with Crippen LogP contribution in [0.25, 0.3) is 16.2 Å². The summed E-state index contributed by atoms with van der Waals surface area (Å²) in [6, 6.07) is 13.3. The van der Waals surface area contributed by atoms with Crippen LogP contribution in [0.1, 0.15) is 5.69 Å². The van der Waals surface area contributed by atoms with Crippen molar-refractivity contribution >= 4 is 56.2 Å². The Labute approximate surface area is 192 Å². The molecular formula is C21H19BrClN3O3S. The van der Waals surface area contributed by atoms with Gasteiger partial charge in [0.2, 0.25) is 5.91 Å². The summed E-state index contributed by atoms with van der Waals surface area (Å²) in [6.45, 7) is 0. The van der Waals surface area contributed by atoms with E-state index in [1.54, 1.807) is 32.4 Å². The smallest absolute Gasteiger partial charge is 0.230 e. The molecule has 2 aromatic carbocycles. The Morgan fingerprint density at radius 3 is 2.70 bits per heavy atom. The fourth-order valence-corrected chi connectivity index (χ4v) is 4.30. The zero-order chi connectivity index (χ0) is 20.4. The number of fused-ring (bicyclic) bond motifs is 1. The van der Waals surface area contributed by atoms with E-state index in [0.29, 0.717) is 17.2 Å². The van der Waals surface area contributed by atoms with Gasteiger partial charge in [-0.15, -0.1) is 23.7 Å². The Hall–Kier alpha value is -2.55. The number of rotatable bonds is 6. The normalized spacial score (nSPS) is 10.5. The second-order valence-corrected chi connectivity index (χ2v) is 8.06. The molecule has 30 heavy (non-hydrogen) atoms. The number of methoxy groups -OCH3 is 2. The molecular weight excluding hydrogens is 490 g/mol. The number of ether oxygens (including phenoxy) is 2. The van der Waals surface area contributed by atoms with Crippen LogP contribution in [0.5, 0.6) is 11.5 Å². The average molecular weight is 509 g/mol. The Morgan fingerprint density at radius 2 is 1.97 bits per heavy atom. The molecule has 0 bridgehead atoms.